The third-order valence-corrected chi connectivity index (χ3v) is 8.75. The molecule has 0 saturated carbocycles. The van der Waals surface area contributed by atoms with E-state index in [4.69, 9.17) is 21.1 Å². The molecule has 1 aliphatic rings. The van der Waals surface area contributed by atoms with E-state index in [1.807, 2.05) is 0 Å². The fraction of sp³-hybridized carbons (Fsp3) is 0.333. The predicted molar refractivity (Wildman–Crippen MR) is 158 cm³/mol. The van der Waals surface area contributed by atoms with Crippen LogP contribution in [0.3, 0.4) is 0 Å². The van der Waals surface area contributed by atoms with Gasteiger partial charge in [-0.3, -0.25) is 13.9 Å². The molecule has 1 heterocycles. The van der Waals surface area contributed by atoms with Gasteiger partial charge in [0.1, 0.15) is 31.6 Å². The summed E-state index contributed by atoms with van der Waals surface area (Å²) in [5, 5.41) is 3.24. The second kappa shape index (κ2) is 13.4. The third kappa shape index (κ3) is 7.14. The van der Waals surface area contributed by atoms with Gasteiger partial charge in [0.25, 0.3) is 10.0 Å². The van der Waals surface area contributed by atoms with Crippen molar-refractivity contribution in [2.24, 2.45) is 0 Å². The highest BCUT2D eigenvalue weighted by molar-refractivity contribution is 7.92. The molecule has 42 heavy (non-hydrogen) atoms. The van der Waals surface area contributed by atoms with Crippen molar-refractivity contribution >= 4 is 39.1 Å². The molecule has 1 aliphatic heterocycles. The van der Waals surface area contributed by atoms with Gasteiger partial charge in [0, 0.05) is 23.7 Å². The van der Waals surface area contributed by atoms with Crippen LogP contribution in [0, 0.1) is 5.82 Å². The quantitative estimate of drug-likeness (QED) is 0.332. The van der Waals surface area contributed by atoms with Crippen molar-refractivity contribution in [3.8, 4) is 11.5 Å². The Hall–Kier alpha value is -3.83. The zero-order valence-electron chi connectivity index (χ0n) is 23.5. The van der Waals surface area contributed by atoms with Crippen LogP contribution >= 0.6 is 11.6 Å². The van der Waals surface area contributed by atoms with E-state index in [1.165, 1.54) is 35.2 Å². The number of rotatable bonds is 11. The molecule has 0 aromatic heterocycles. The number of amides is 2. The van der Waals surface area contributed by atoms with Gasteiger partial charge in [-0.25, -0.2) is 12.8 Å². The van der Waals surface area contributed by atoms with Crippen LogP contribution < -0.4 is 19.1 Å². The highest BCUT2D eigenvalue weighted by Gasteiger charge is 2.34. The monoisotopic (exact) mass is 617 g/mol. The highest BCUT2D eigenvalue weighted by atomic mass is 35.5. The molecule has 0 spiro atoms. The number of sulfonamides is 1. The second-order valence-corrected chi connectivity index (χ2v) is 12.3. The summed E-state index contributed by atoms with van der Waals surface area (Å²) < 4.78 is 53.9. The lowest BCUT2D eigenvalue weighted by molar-refractivity contribution is -0.140. The first-order valence-corrected chi connectivity index (χ1v) is 15.3. The number of carbonyl (C=O) groups excluding carboxylic acids is 2. The molecule has 3 aromatic rings. The fourth-order valence-corrected chi connectivity index (χ4v) is 6.18. The number of ether oxygens (including phenoxy) is 2. The van der Waals surface area contributed by atoms with Gasteiger partial charge < -0.3 is 19.7 Å². The minimum absolute atomic E-state index is 0.0378. The maximum Gasteiger partial charge on any atom is 0.264 e. The molecule has 4 rings (SSSR count). The average Bonchev–Trinajstić information content (AvgIpc) is 2.96. The molecule has 0 fully saturated rings. The molecule has 0 bridgehead atoms. The zero-order valence-corrected chi connectivity index (χ0v) is 25.1. The van der Waals surface area contributed by atoms with Gasteiger partial charge in [-0.1, -0.05) is 36.7 Å². The molecule has 1 N–H and O–H groups in total. The van der Waals surface area contributed by atoms with E-state index in [9.17, 15) is 22.4 Å². The second-order valence-electron chi connectivity index (χ2n) is 9.99. The SMILES string of the molecule is CCC(C(=O)NC(C)C)N(Cc1ccccc1Cl)C(=O)CN(c1ccc(F)cc1)S(=O)(=O)c1ccc2c(c1)OCCO2. The Morgan fingerprint density at radius 1 is 1.00 bits per heavy atom. The lowest BCUT2D eigenvalue weighted by Gasteiger charge is -2.33. The molecule has 0 saturated heterocycles. The lowest BCUT2D eigenvalue weighted by atomic mass is 10.1. The summed E-state index contributed by atoms with van der Waals surface area (Å²) in [4.78, 5) is 28.5. The van der Waals surface area contributed by atoms with Crippen molar-refractivity contribution in [2.75, 3.05) is 24.1 Å². The lowest BCUT2D eigenvalue weighted by Crippen LogP contribution is -2.53. The number of nitrogens with one attached hydrogen (secondary N) is 1. The van der Waals surface area contributed by atoms with Crippen molar-refractivity contribution in [1.29, 1.82) is 0 Å². The molecule has 1 atom stereocenters. The van der Waals surface area contributed by atoms with Gasteiger partial charge in [0.2, 0.25) is 11.8 Å². The summed E-state index contributed by atoms with van der Waals surface area (Å²) in [5.41, 5.74) is 0.656. The average molecular weight is 618 g/mol. The minimum atomic E-state index is -4.38. The molecular formula is C30H33ClFN3O6S. The van der Waals surface area contributed by atoms with Crippen LogP contribution in [0.4, 0.5) is 10.1 Å². The van der Waals surface area contributed by atoms with Crippen LogP contribution in [0.2, 0.25) is 5.02 Å². The summed E-state index contributed by atoms with van der Waals surface area (Å²) in [6, 6.07) is 14.8. The van der Waals surface area contributed by atoms with Gasteiger partial charge in [0.05, 0.1) is 10.6 Å². The molecule has 0 radical (unpaired) electrons. The smallest absolute Gasteiger partial charge is 0.264 e. The fourth-order valence-electron chi connectivity index (χ4n) is 4.56. The van der Waals surface area contributed by atoms with Crippen LogP contribution in [-0.2, 0) is 26.2 Å². The van der Waals surface area contributed by atoms with Crippen molar-refractivity contribution in [2.45, 2.75) is 50.7 Å². The Balaban J connectivity index is 1.75. The van der Waals surface area contributed by atoms with E-state index in [0.717, 1.165) is 16.4 Å². The number of nitrogens with zero attached hydrogens (tertiary/aromatic N) is 2. The number of halogens is 2. The number of carbonyl (C=O) groups is 2. The molecule has 3 aromatic carbocycles. The van der Waals surface area contributed by atoms with Crippen LogP contribution in [0.5, 0.6) is 11.5 Å². The number of hydrogen-bond donors (Lipinski definition) is 1. The van der Waals surface area contributed by atoms with E-state index in [2.05, 4.69) is 5.32 Å². The van der Waals surface area contributed by atoms with Crippen molar-refractivity contribution in [1.82, 2.24) is 10.2 Å². The van der Waals surface area contributed by atoms with E-state index in [-0.39, 0.29) is 47.9 Å². The minimum Gasteiger partial charge on any atom is -0.486 e. The largest absolute Gasteiger partial charge is 0.486 e. The normalized spacial score (nSPS) is 13.4. The predicted octanol–water partition coefficient (Wildman–Crippen LogP) is 4.78. The summed E-state index contributed by atoms with van der Waals surface area (Å²) in [5.74, 6) is -0.942. The summed E-state index contributed by atoms with van der Waals surface area (Å²) >= 11 is 6.41. The van der Waals surface area contributed by atoms with E-state index in [1.54, 1.807) is 45.0 Å². The van der Waals surface area contributed by atoms with Gasteiger partial charge >= 0.3 is 0 Å². The van der Waals surface area contributed by atoms with E-state index in [0.29, 0.717) is 22.9 Å². The van der Waals surface area contributed by atoms with E-state index < -0.39 is 34.3 Å². The summed E-state index contributed by atoms with van der Waals surface area (Å²) in [6.07, 6.45) is 0.264. The van der Waals surface area contributed by atoms with Crippen LogP contribution in [0.15, 0.2) is 71.6 Å². The zero-order chi connectivity index (χ0) is 30.4. The van der Waals surface area contributed by atoms with Crippen molar-refractivity contribution < 1.29 is 31.9 Å². The Kier molecular flexibility index (Phi) is 9.95. The number of benzene rings is 3. The van der Waals surface area contributed by atoms with Crippen LogP contribution in [0.1, 0.15) is 32.8 Å². The van der Waals surface area contributed by atoms with Crippen molar-refractivity contribution in [3.63, 3.8) is 0 Å². The van der Waals surface area contributed by atoms with Crippen molar-refractivity contribution in [3.05, 3.63) is 83.1 Å². The standard InChI is InChI=1S/C30H33ClFN3O6S/c1-4-26(30(37)33-20(2)3)34(18-21-7-5-6-8-25(21)31)29(36)19-35(23-11-9-22(32)10-12-23)42(38,39)24-13-14-27-28(17-24)41-16-15-40-27/h5-14,17,20,26H,4,15-16,18-19H2,1-3H3,(H,33,37). The van der Waals surface area contributed by atoms with Gasteiger partial charge in [-0.2, -0.15) is 0 Å². The Morgan fingerprint density at radius 2 is 1.67 bits per heavy atom. The first-order chi connectivity index (χ1) is 20.0. The number of fused-ring (bicyclic) bond motifs is 1. The number of hydrogen-bond acceptors (Lipinski definition) is 6. The molecule has 224 valence electrons. The topological polar surface area (TPSA) is 105 Å². The van der Waals surface area contributed by atoms with Crippen LogP contribution in [0.25, 0.3) is 0 Å². The third-order valence-electron chi connectivity index (χ3n) is 6.61. The maximum atomic E-state index is 14.1. The molecule has 9 nitrogen and oxygen atoms in total. The Labute approximate surface area is 250 Å². The summed E-state index contributed by atoms with van der Waals surface area (Å²) in [7, 11) is -4.38. The Morgan fingerprint density at radius 3 is 2.31 bits per heavy atom. The number of anilines is 1. The van der Waals surface area contributed by atoms with E-state index >= 15 is 0 Å². The molecule has 2 amide bonds. The first kappa shape index (κ1) is 31.1. The Bertz CT molecular complexity index is 1530. The van der Waals surface area contributed by atoms with Gasteiger partial charge in [0.15, 0.2) is 11.5 Å². The molecule has 12 heteroatoms. The molecule has 1 unspecified atom stereocenters. The molecule has 0 aliphatic carbocycles. The first-order valence-electron chi connectivity index (χ1n) is 13.5. The van der Waals surface area contributed by atoms with Gasteiger partial charge in [-0.15, -0.1) is 0 Å². The maximum absolute atomic E-state index is 14.1. The van der Waals surface area contributed by atoms with Crippen LogP contribution in [-0.4, -0.2) is 57.0 Å². The molecular weight excluding hydrogens is 585 g/mol. The summed E-state index contributed by atoms with van der Waals surface area (Å²) in [6.45, 7) is 5.26. The highest BCUT2D eigenvalue weighted by Crippen LogP contribution is 2.34. The van der Waals surface area contributed by atoms with Gasteiger partial charge in [-0.05, 0) is 68.3 Å².